The molecule has 0 fully saturated rings. The molecule has 0 unspecified atom stereocenters. The maximum Gasteiger partial charge on any atom is 0.333 e. The maximum absolute atomic E-state index is 13.8. The fraction of sp³-hybridized carbons (Fsp3) is 0. The molecule has 3 aromatic rings. The van der Waals surface area contributed by atoms with E-state index in [1.54, 1.807) is 6.07 Å². The van der Waals surface area contributed by atoms with Gasteiger partial charge >= 0.3 is 5.69 Å². The number of nitrogens with zero attached hydrogens (tertiary/aromatic N) is 1. The van der Waals surface area contributed by atoms with Crippen molar-refractivity contribution in [3.8, 4) is 5.69 Å². The molecule has 0 aliphatic carbocycles. The summed E-state index contributed by atoms with van der Waals surface area (Å²) in [5.41, 5.74) is -2.09. The highest BCUT2D eigenvalue weighted by molar-refractivity contribution is 9.10. The van der Waals surface area contributed by atoms with Crippen LogP contribution in [0.3, 0.4) is 0 Å². The molecule has 4 nitrogen and oxygen atoms in total. The van der Waals surface area contributed by atoms with Crippen molar-refractivity contribution in [3.63, 3.8) is 0 Å². The van der Waals surface area contributed by atoms with Crippen molar-refractivity contribution in [2.24, 2.45) is 0 Å². The summed E-state index contributed by atoms with van der Waals surface area (Å²) in [5, 5.41) is 0.145. The van der Waals surface area contributed by atoms with Crippen molar-refractivity contribution in [1.82, 2.24) is 9.55 Å². The molecule has 0 bridgehead atoms. The Kier molecular flexibility index (Phi) is 3.21. The molecule has 1 aromatic heterocycles. The third-order valence-electron chi connectivity index (χ3n) is 3.02. The van der Waals surface area contributed by atoms with E-state index >= 15 is 0 Å². The number of fused-ring (bicyclic) bond motifs is 1. The molecule has 0 amide bonds. The van der Waals surface area contributed by atoms with E-state index in [9.17, 15) is 18.4 Å². The topological polar surface area (TPSA) is 54.9 Å². The van der Waals surface area contributed by atoms with Crippen LogP contribution >= 0.6 is 15.9 Å². The van der Waals surface area contributed by atoms with Crippen molar-refractivity contribution in [3.05, 3.63) is 73.3 Å². The summed E-state index contributed by atoms with van der Waals surface area (Å²) in [5.74, 6) is -1.98. The lowest BCUT2D eigenvalue weighted by Crippen LogP contribution is -2.34. The lowest BCUT2D eigenvalue weighted by molar-refractivity contribution is 0.563. The number of nitrogens with one attached hydrogen (secondary N) is 1. The van der Waals surface area contributed by atoms with E-state index in [1.807, 2.05) is 0 Å². The summed E-state index contributed by atoms with van der Waals surface area (Å²) in [6.45, 7) is 0. The van der Waals surface area contributed by atoms with Gasteiger partial charge in [0.25, 0.3) is 5.56 Å². The summed E-state index contributed by atoms with van der Waals surface area (Å²) in [4.78, 5) is 26.8. The average molecular weight is 353 g/mol. The molecule has 1 N–H and O–H groups in total. The van der Waals surface area contributed by atoms with Crippen molar-refractivity contribution in [2.75, 3.05) is 0 Å². The molecule has 0 saturated carbocycles. The minimum absolute atomic E-state index is 0.145. The Morgan fingerprint density at radius 1 is 1.05 bits per heavy atom. The Labute approximate surface area is 124 Å². The van der Waals surface area contributed by atoms with Gasteiger partial charge in [-0.05, 0) is 30.3 Å². The molecule has 0 atom stereocenters. The van der Waals surface area contributed by atoms with Gasteiger partial charge in [-0.15, -0.1) is 0 Å². The zero-order chi connectivity index (χ0) is 15.1. The van der Waals surface area contributed by atoms with Gasteiger partial charge in [0, 0.05) is 4.47 Å². The smallest absolute Gasteiger partial charge is 0.306 e. The van der Waals surface area contributed by atoms with Gasteiger partial charge in [0.1, 0.15) is 17.3 Å². The quantitative estimate of drug-likeness (QED) is 0.732. The summed E-state index contributed by atoms with van der Waals surface area (Å²) < 4.78 is 28.7. The van der Waals surface area contributed by atoms with E-state index < -0.39 is 28.6 Å². The van der Waals surface area contributed by atoms with Gasteiger partial charge in [-0.1, -0.05) is 22.0 Å². The minimum Gasteiger partial charge on any atom is -0.306 e. The monoisotopic (exact) mass is 352 g/mol. The molecule has 3 rings (SSSR count). The number of benzene rings is 2. The molecule has 1 heterocycles. The fourth-order valence-electron chi connectivity index (χ4n) is 2.09. The van der Waals surface area contributed by atoms with E-state index in [0.717, 1.165) is 18.2 Å². The van der Waals surface area contributed by atoms with Crippen molar-refractivity contribution in [2.45, 2.75) is 0 Å². The van der Waals surface area contributed by atoms with Gasteiger partial charge in [0.15, 0.2) is 0 Å². The Bertz CT molecular complexity index is 959. The standard InChI is InChI=1S/C14H7BrF2N2O2/c15-7-4-5-11-8(6-7)13(20)19(14(21)18-11)12-9(16)2-1-3-10(12)17/h1-6H,(H,18,21). The van der Waals surface area contributed by atoms with Crippen LogP contribution in [0.15, 0.2) is 50.5 Å². The van der Waals surface area contributed by atoms with Crippen LogP contribution in [-0.2, 0) is 0 Å². The third-order valence-corrected chi connectivity index (χ3v) is 3.51. The fourth-order valence-corrected chi connectivity index (χ4v) is 2.45. The first-order valence-electron chi connectivity index (χ1n) is 5.88. The Balaban J connectivity index is 2.49. The number of para-hydroxylation sites is 1. The number of H-pyrrole nitrogens is 1. The molecule has 0 aliphatic rings. The molecule has 0 radical (unpaired) electrons. The first-order chi connectivity index (χ1) is 9.99. The second kappa shape index (κ2) is 4.92. The van der Waals surface area contributed by atoms with Gasteiger partial charge < -0.3 is 4.98 Å². The number of halogens is 3. The predicted molar refractivity (Wildman–Crippen MR) is 77.8 cm³/mol. The molecular weight excluding hydrogens is 346 g/mol. The van der Waals surface area contributed by atoms with Crippen LogP contribution < -0.4 is 11.2 Å². The summed E-state index contributed by atoms with van der Waals surface area (Å²) in [6, 6.07) is 7.77. The molecule has 7 heteroatoms. The van der Waals surface area contributed by atoms with Crippen molar-refractivity contribution in [1.29, 1.82) is 0 Å². The van der Waals surface area contributed by atoms with Gasteiger partial charge in [0.05, 0.1) is 10.9 Å². The molecule has 0 spiro atoms. The summed E-state index contributed by atoms with van der Waals surface area (Å²) >= 11 is 3.21. The van der Waals surface area contributed by atoms with E-state index in [0.29, 0.717) is 14.6 Å². The van der Waals surface area contributed by atoms with Crippen LogP contribution in [0.1, 0.15) is 0 Å². The van der Waals surface area contributed by atoms with E-state index in [-0.39, 0.29) is 5.39 Å². The van der Waals surface area contributed by atoms with Crippen LogP contribution in [0.4, 0.5) is 8.78 Å². The zero-order valence-corrected chi connectivity index (χ0v) is 11.9. The van der Waals surface area contributed by atoms with Crippen molar-refractivity contribution < 1.29 is 8.78 Å². The number of hydrogen-bond acceptors (Lipinski definition) is 2. The van der Waals surface area contributed by atoms with Gasteiger partial charge in [0.2, 0.25) is 0 Å². The van der Waals surface area contributed by atoms with Crippen molar-refractivity contribution >= 4 is 26.8 Å². The van der Waals surface area contributed by atoms with Crippen LogP contribution in [0.5, 0.6) is 0 Å². The number of rotatable bonds is 1. The third kappa shape index (κ3) is 2.19. The molecule has 2 aromatic carbocycles. The minimum atomic E-state index is -0.989. The average Bonchev–Trinajstić information content (AvgIpc) is 2.43. The highest BCUT2D eigenvalue weighted by Gasteiger charge is 2.17. The molecule has 0 aliphatic heterocycles. The Morgan fingerprint density at radius 2 is 1.71 bits per heavy atom. The lowest BCUT2D eigenvalue weighted by Gasteiger charge is -2.08. The number of hydrogen-bond donors (Lipinski definition) is 1. The van der Waals surface area contributed by atoms with Crippen LogP contribution in [0.25, 0.3) is 16.6 Å². The second-order valence-electron chi connectivity index (χ2n) is 4.33. The summed E-state index contributed by atoms with van der Waals surface area (Å²) in [6.07, 6.45) is 0. The first-order valence-corrected chi connectivity index (χ1v) is 6.67. The first kappa shape index (κ1) is 13.7. The number of aromatic amines is 1. The van der Waals surface area contributed by atoms with Crippen LogP contribution in [0, 0.1) is 11.6 Å². The van der Waals surface area contributed by atoms with E-state index in [1.165, 1.54) is 12.1 Å². The normalized spacial score (nSPS) is 11.0. The van der Waals surface area contributed by atoms with Gasteiger partial charge in [-0.3, -0.25) is 4.79 Å². The largest absolute Gasteiger partial charge is 0.333 e. The van der Waals surface area contributed by atoms with E-state index in [4.69, 9.17) is 0 Å². The van der Waals surface area contributed by atoms with Crippen LogP contribution in [0.2, 0.25) is 0 Å². The SMILES string of the molecule is O=c1[nH]c2ccc(Br)cc2c(=O)n1-c1c(F)cccc1F. The molecule has 106 valence electrons. The zero-order valence-electron chi connectivity index (χ0n) is 10.4. The van der Waals surface area contributed by atoms with E-state index in [2.05, 4.69) is 20.9 Å². The highest BCUT2D eigenvalue weighted by Crippen LogP contribution is 2.17. The molecule has 21 heavy (non-hydrogen) atoms. The van der Waals surface area contributed by atoms with Crippen LogP contribution in [-0.4, -0.2) is 9.55 Å². The second-order valence-corrected chi connectivity index (χ2v) is 5.25. The Hall–Kier alpha value is -2.28. The Morgan fingerprint density at radius 3 is 2.38 bits per heavy atom. The predicted octanol–water partition coefficient (Wildman–Crippen LogP) is 2.72. The maximum atomic E-state index is 13.8. The number of aromatic nitrogens is 2. The van der Waals surface area contributed by atoms with Gasteiger partial charge in [-0.25, -0.2) is 18.1 Å². The highest BCUT2D eigenvalue weighted by atomic mass is 79.9. The summed E-state index contributed by atoms with van der Waals surface area (Å²) in [7, 11) is 0. The molecular formula is C14H7BrF2N2O2. The lowest BCUT2D eigenvalue weighted by atomic mass is 10.2. The van der Waals surface area contributed by atoms with Gasteiger partial charge in [-0.2, -0.15) is 0 Å². The molecule has 0 saturated heterocycles.